The van der Waals surface area contributed by atoms with Crippen molar-refractivity contribution < 1.29 is 0 Å². The number of benzene rings is 2. The number of nitrogens with zero attached hydrogens (tertiary/aromatic N) is 2. The molecular formula is C22H26Cl2N6. The standard InChI is InChI=1S/C22H24N6.2ClH/c1-15-3-7-17(8-4-15)19-13-21(27-25-19)23-11-12-24-22-14-20(26-28-22)18-9-5-16(2)6-10-18;;/h3-10,13-14H,11-12H2,1-2H3,(H2,23,25,27)(H2,24,26,28);2*1H. The number of aromatic amines is 2. The minimum atomic E-state index is 0. The van der Waals surface area contributed by atoms with Crippen LogP contribution >= 0.6 is 24.8 Å². The van der Waals surface area contributed by atoms with E-state index in [1.165, 1.54) is 11.1 Å². The Balaban J connectivity index is 0.00000160. The molecule has 4 aromatic rings. The molecule has 0 aliphatic carbocycles. The van der Waals surface area contributed by atoms with Crippen molar-refractivity contribution in [3.63, 3.8) is 0 Å². The van der Waals surface area contributed by atoms with Crippen LogP contribution in [-0.2, 0) is 0 Å². The molecule has 0 amide bonds. The second-order valence-corrected chi connectivity index (χ2v) is 6.92. The smallest absolute Gasteiger partial charge is 0.148 e. The van der Waals surface area contributed by atoms with E-state index in [9.17, 15) is 0 Å². The summed E-state index contributed by atoms with van der Waals surface area (Å²) in [6, 6.07) is 20.8. The highest BCUT2D eigenvalue weighted by Gasteiger charge is 2.05. The van der Waals surface area contributed by atoms with E-state index in [-0.39, 0.29) is 24.8 Å². The van der Waals surface area contributed by atoms with Gasteiger partial charge in [0, 0.05) is 25.2 Å². The minimum absolute atomic E-state index is 0. The number of halogens is 2. The molecule has 6 nitrogen and oxygen atoms in total. The lowest BCUT2D eigenvalue weighted by molar-refractivity contribution is 1.01. The summed E-state index contributed by atoms with van der Waals surface area (Å²) >= 11 is 0. The highest BCUT2D eigenvalue weighted by Crippen LogP contribution is 2.21. The Kier molecular flexibility index (Phi) is 8.33. The molecule has 0 radical (unpaired) electrons. The van der Waals surface area contributed by atoms with E-state index in [0.29, 0.717) is 0 Å². The van der Waals surface area contributed by atoms with E-state index in [1.54, 1.807) is 0 Å². The zero-order valence-corrected chi connectivity index (χ0v) is 18.5. The van der Waals surface area contributed by atoms with E-state index >= 15 is 0 Å². The van der Waals surface area contributed by atoms with Gasteiger partial charge in [0.25, 0.3) is 0 Å². The number of hydrogen-bond donors (Lipinski definition) is 4. The molecule has 0 unspecified atom stereocenters. The summed E-state index contributed by atoms with van der Waals surface area (Å²) in [6.45, 7) is 5.65. The van der Waals surface area contributed by atoms with Crippen molar-refractivity contribution in [2.45, 2.75) is 13.8 Å². The number of H-pyrrole nitrogens is 2. The van der Waals surface area contributed by atoms with Gasteiger partial charge >= 0.3 is 0 Å². The van der Waals surface area contributed by atoms with Crippen LogP contribution in [0.5, 0.6) is 0 Å². The fourth-order valence-electron chi connectivity index (χ4n) is 2.97. The maximum Gasteiger partial charge on any atom is 0.148 e. The summed E-state index contributed by atoms with van der Waals surface area (Å²) in [7, 11) is 0. The van der Waals surface area contributed by atoms with Crippen LogP contribution in [0.15, 0.2) is 60.7 Å². The summed E-state index contributed by atoms with van der Waals surface area (Å²) in [4.78, 5) is 0. The Morgan fingerprint density at radius 3 is 1.37 bits per heavy atom. The van der Waals surface area contributed by atoms with Crippen molar-refractivity contribution in [2.24, 2.45) is 0 Å². The molecule has 0 saturated heterocycles. The molecule has 2 heterocycles. The van der Waals surface area contributed by atoms with Crippen LogP contribution in [-0.4, -0.2) is 33.5 Å². The first-order valence-corrected chi connectivity index (χ1v) is 9.40. The molecule has 2 aromatic carbocycles. The molecule has 0 atom stereocenters. The number of anilines is 2. The topological polar surface area (TPSA) is 81.4 Å². The second kappa shape index (κ2) is 10.7. The van der Waals surface area contributed by atoms with Gasteiger partial charge in [0.1, 0.15) is 11.6 Å². The van der Waals surface area contributed by atoms with Gasteiger partial charge in [-0.1, -0.05) is 59.7 Å². The molecule has 0 saturated carbocycles. The molecule has 4 rings (SSSR count). The molecule has 0 bridgehead atoms. The average Bonchev–Trinajstić information content (AvgIpc) is 3.36. The average molecular weight is 445 g/mol. The van der Waals surface area contributed by atoms with Crippen molar-refractivity contribution in [3.8, 4) is 22.5 Å². The van der Waals surface area contributed by atoms with Gasteiger partial charge < -0.3 is 10.6 Å². The van der Waals surface area contributed by atoms with Gasteiger partial charge in [-0.3, -0.25) is 10.2 Å². The summed E-state index contributed by atoms with van der Waals surface area (Å²) < 4.78 is 0. The molecule has 2 aromatic heterocycles. The Morgan fingerprint density at radius 1 is 0.633 bits per heavy atom. The van der Waals surface area contributed by atoms with Crippen LogP contribution in [0.1, 0.15) is 11.1 Å². The normalized spacial score (nSPS) is 10.1. The van der Waals surface area contributed by atoms with Crippen LogP contribution in [0, 0.1) is 13.8 Å². The minimum Gasteiger partial charge on any atom is -0.367 e. The second-order valence-electron chi connectivity index (χ2n) is 6.92. The Morgan fingerprint density at radius 2 is 1.00 bits per heavy atom. The van der Waals surface area contributed by atoms with Crippen LogP contribution < -0.4 is 10.6 Å². The number of aromatic nitrogens is 4. The van der Waals surface area contributed by atoms with E-state index < -0.39 is 0 Å². The quantitative estimate of drug-likeness (QED) is 0.285. The zero-order valence-electron chi connectivity index (χ0n) is 16.9. The van der Waals surface area contributed by atoms with Gasteiger partial charge in [0.05, 0.1) is 11.4 Å². The van der Waals surface area contributed by atoms with E-state index in [2.05, 4.69) is 93.4 Å². The van der Waals surface area contributed by atoms with Crippen LogP contribution in [0.3, 0.4) is 0 Å². The van der Waals surface area contributed by atoms with Crippen LogP contribution in [0.4, 0.5) is 11.6 Å². The van der Waals surface area contributed by atoms with Gasteiger partial charge in [0.2, 0.25) is 0 Å². The maximum absolute atomic E-state index is 4.32. The van der Waals surface area contributed by atoms with Gasteiger partial charge in [-0.2, -0.15) is 10.2 Å². The van der Waals surface area contributed by atoms with Crippen molar-refractivity contribution >= 4 is 36.4 Å². The maximum atomic E-state index is 4.32. The lowest BCUT2D eigenvalue weighted by Crippen LogP contribution is -2.13. The van der Waals surface area contributed by atoms with Crippen molar-refractivity contribution in [2.75, 3.05) is 23.7 Å². The van der Waals surface area contributed by atoms with Gasteiger partial charge in [0.15, 0.2) is 0 Å². The van der Waals surface area contributed by atoms with Gasteiger partial charge in [-0.25, -0.2) is 0 Å². The molecule has 0 spiro atoms. The van der Waals surface area contributed by atoms with Crippen LogP contribution in [0.25, 0.3) is 22.5 Å². The number of rotatable bonds is 7. The molecule has 0 aliphatic rings. The third-order valence-corrected chi connectivity index (χ3v) is 4.62. The summed E-state index contributed by atoms with van der Waals surface area (Å²) in [5, 5.41) is 21.4. The Labute approximate surface area is 188 Å². The lowest BCUT2D eigenvalue weighted by Gasteiger charge is -2.03. The first-order chi connectivity index (χ1) is 13.7. The molecule has 8 heteroatoms. The molecule has 0 aliphatic heterocycles. The van der Waals surface area contributed by atoms with Crippen molar-refractivity contribution in [3.05, 3.63) is 71.8 Å². The predicted molar refractivity (Wildman–Crippen MR) is 129 cm³/mol. The number of hydrogen-bond acceptors (Lipinski definition) is 4. The van der Waals surface area contributed by atoms with E-state index in [1.807, 2.05) is 12.1 Å². The largest absolute Gasteiger partial charge is 0.367 e. The first kappa shape index (κ1) is 23.3. The van der Waals surface area contributed by atoms with Crippen LogP contribution in [0.2, 0.25) is 0 Å². The van der Waals surface area contributed by atoms with E-state index in [0.717, 1.165) is 47.2 Å². The molecule has 30 heavy (non-hydrogen) atoms. The highest BCUT2D eigenvalue weighted by molar-refractivity contribution is 5.85. The van der Waals surface area contributed by atoms with Gasteiger partial charge in [-0.05, 0) is 25.0 Å². The highest BCUT2D eigenvalue weighted by atomic mass is 35.5. The van der Waals surface area contributed by atoms with Gasteiger partial charge in [-0.15, -0.1) is 24.8 Å². The Bertz CT molecular complexity index is 952. The number of nitrogens with one attached hydrogen (secondary N) is 4. The Hall–Kier alpha value is -2.96. The number of aryl methyl sites for hydroxylation is 2. The molecule has 158 valence electrons. The predicted octanol–water partition coefficient (Wildman–Crippen LogP) is 5.45. The zero-order chi connectivity index (χ0) is 19.3. The summed E-state index contributed by atoms with van der Waals surface area (Å²) in [6.07, 6.45) is 0. The third-order valence-electron chi connectivity index (χ3n) is 4.62. The molecular weight excluding hydrogens is 419 g/mol. The fraction of sp³-hybridized carbons (Fsp3) is 0.182. The lowest BCUT2D eigenvalue weighted by atomic mass is 10.1. The van der Waals surface area contributed by atoms with Crippen molar-refractivity contribution in [1.29, 1.82) is 0 Å². The SMILES string of the molecule is Cc1ccc(-c2cc(NCCNc3cc(-c4ccc(C)cc4)[nH]n3)n[nH]2)cc1.Cl.Cl. The monoisotopic (exact) mass is 444 g/mol. The van der Waals surface area contributed by atoms with Crippen molar-refractivity contribution in [1.82, 2.24) is 20.4 Å². The molecule has 0 fully saturated rings. The summed E-state index contributed by atoms with van der Waals surface area (Å²) in [5.74, 6) is 1.67. The van der Waals surface area contributed by atoms with E-state index in [4.69, 9.17) is 0 Å². The molecule has 4 N–H and O–H groups in total. The summed E-state index contributed by atoms with van der Waals surface area (Å²) in [5.41, 5.74) is 6.76. The third kappa shape index (κ3) is 5.78. The first-order valence-electron chi connectivity index (χ1n) is 9.40. The fourth-order valence-corrected chi connectivity index (χ4v) is 2.97.